The summed E-state index contributed by atoms with van der Waals surface area (Å²) in [4.78, 5) is 10.7. The molecule has 0 spiro atoms. The molecule has 7 N–H and O–H groups in total. The lowest BCUT2D eigenvalue weighted by Crippen LogP contribution is -2.33. The van der Waals surface area contributed by atoms with Crippen molar-refractivity contribution in [2.45, 2.75) is 17.4 Å². The van der Waals surface area contributed by atoms with Crippen molar-refractivity contribution < 1.29 is 49.0 Å². The first-order valence-electron chi connectivity index (χ1n) is 11.7. The molecule has 0 radical (unpaired) electrons. The summed E-state index contributed by atoms with van der Waals surface area (Å²) in [5.74, 6) is -3.05. The molecule has 0 aromatic heterocycles. The topological polar surface area (TPSA) is 245 Å². The van der Waals surface area contributed by atoms with Crippen molar-refractivity contribution in [3.63, 3.8) is 0 Å². The van der Waals surface area contributed by atoms with E-state index < -0.39 is 69.3 Å². The minimum atomic E-state index is -5.02. The van der Waals surface area contributed by atoms with Gasteiger partial charge in [0.15, 0.2) is 11.5 Å². The van der Waals surface area contributed by atoms with Crippen LogP contribution in [0.1, 0.15) is 27.9 Å². The molecule has 41 heavy (non-hydrogen) atoms. The zero-order valence-electron chi connectivity index (χ0n) is 21.3. The van der Waals surface area contributed by atoms with E-state index >= 15 is 0 Å². The molecular weight excluding hydrogens is 602 g/mol. The number of allylic oxidation sites excluding steroid dienone is 1. The van der Waals surface area contributed by atoms with Crippen LogP contribution in [-0.2, 0) is 30.3 Å². The van der Waals surface area contributed by atoms with Gasteiger partial charge < -0.3 is 21.3 Å². The number of carbonyl (C=O) groups is 1. The molecule has 1 atom stereocenters. The van der Waals surface area contributed by atoms with Gasteiger partial charge in [-0.05, 0) is 30.2 Å². The maximum Gasteiger partial charge on any atom is 0.336 e. The summed E-state index contributed by atoms with van der Waals surface area (Å²) in [5.41, 5.74) is 11.7. The van der Waals surface area contributed by atoms with Gasteiger partial charge in [-0.1, -0.05) is 30.4 Å². The highest BCUT2D eigenvalue weighted by atomic mass is 32.2. The van der Waals surface area contributed by atoms with Crippen molar-refractivity contribution in [2.75, 3.05) is 25.1 Å². The molecule has 1 heterocycles. The van der Waals surface area contributed by atoms with Crippen LogP contribution in [0.25, 0.3) is 5.57 Å². The van der Waals surface area contributed by atoms with E-state index in [1.807, 2.05) is 0 Å². The number of benzene rings is 2. The second kappa shape index (κ2) is 10.7. The van der Waals surface area contributed by atoms with Crippen LogP contribution in [0.3, 0.4) is 0 Å². The van der Waals surface area contributed by atoms with Gasteiger partial charge in [-0.3, -0.25) is 9.11 Å². The number of fused-ring (bicyclic) bond motifs is 2. The van der Waals surface area contributed by atoms with E-state index in [4.69, 9.17) is 20.8 Å². The first-order valence-corrected chi connectivity index (χ1v) is 16.2. The highest BCUT2D eigenvalue weighted by Crippen LogP contribution is 2.49. The lowest BCUT2D eigenvalue weighted by Gasteiger charge is -2.32. The lowest BCUT2D eigenvalue weighted by atomic mass is 9.85. The van der Waals surface area contributed by atoms with Crippen LogP contribution in [0.5, 0.6) is 5.75 Å². The zero-order valence-corrected chi connectivity index (χ0v) is 23.7. The van der Waals surface area contributed by atoms with E-state index in [-0.39, 0.29) is 46.5 Å². The average Bonchev–Trinajstić information content (AvgIpc) is 2.85. The maximum absolute atomic E-state index is 13.7. The van der Waals surface area contributed by atoms with Gasteiger partial charge in [0.25, 0.3) is 20.2 Å². The van der Waals surface area contributed by atoms with Crippen molar-refractivity contribution in [1.29, 1.82) is 0 Å². The molecule has 220 valence electrons. The van der Waals surface area contributed by atoms with Crippen LogP contribution in [0.15, 0.2) is 69.7 Å². The van der Waals surface area contributed by atoms with Crippen molar-refractivity contribution in [3.8, 4) is 5.75 Å². The average molecular weight is 628 g/mol. The van der Waals surface area contributed by atoms with Gasteiger partial charge in [0, 0.05) is 30.3 Å². The van der Waals surface area contributed by atoms with Crippen molar-refractivity contribution in [1.82, 2.24) is 4.31 Å². The van der Waals surface area contributed by atoms with Crippen LogP contribution in [0.2, 0.25) is 0 Å². The van der Waals surface area contributed by atoms with E-state index in [1.54, 1.807) is 0 Å². The lowest BCUT2D eigenvalue weighted by molar-refractivity contribution is 0.0696. The number of nitrogen functional groups attached to an aromatic ring is 1. The standard InChI is InChI=1S/C24H25N3O11S3/c1-27(11-4-12-39(30,31)32)40(33,34)22-17(25)9-7-15-19(13-5-2-3-6-14(13)24(28)29)16-8-10-18(26)23(41(35,36)37)21(16)38-20(15)22/h2-3,5-10,18H,4,11-12,25-26H2,1H3,(H,28,29)(H,30,31,32)(H,35,36,37). The quantitative estimate of drug-likeness (QED) is 0.193. The van der Waals surface area contributed by atoms with Crippen molar-refractivity contribution in [2.24, 2.45) is 5.73 Å². The first-order chi connectivity index (χ1) is 18.9. The summed E-state index contributed by atoms with van der Waals surface area (Å²) >= 11 is 0. The summed E-state index contributed by atoms with van der Waals surface area (Å²) < 4.78 is 100. The van der Waals surface area contributed by atoms with E-state index in [0.717, 1.165) is 11.4 Å². The number of nitrogens with two attached hydrogens (primary N) is 2. The smallest absolute Gasteiger partial charge is 0.336 e. The molecule has 14 nitrogen and oxygen atoms in total. The number of nitrogens with zero attached hydrogens (tertiary/aromatic N) is 1. The predicted octanol–water partition coefficient (Wildman–Crippen LogP) is 1.06. The summed E-state index contributed by atoms with van der Waals surface area (Å²) in [7, 11) is -12.8. The molecule has 0 saturated carbocycles. The zero-order chi connectivity index (χ0) is 30.5. The van der Waals surface area contributed by atoms with Crippen molar-refractivity contribution >= 4 is 47.5 Å². The number of anilines is 1. The highest BCUT2D eigenvalue weighted by molar-refractivity contribution is 7.90. The van der Waals surface area contributed by atoms with Gasteiger partial charge in [-0.15, -0.1) is 0 Å². The normalized spacial score (nSPS) is 17.3. The molecule has 0 fully saturated rings. The second-order valence-electron chi connectivity index (χ2n) is 9.12. The Morgan fingerprint density at radius 3 is 2.29 bits per heavy atom. The second-order valence-corrected chi connectivity index (χ2v) is 14.1. The number of ether oxygens (including phenoxy) is 1. The van der Waals surface area contributed by atoms with Gasteiger partial charge in [-0.2, -0.15) is 16.8 Å². The number of hydrogen-bond donors (Lipinski definition) is 5. The third-order valence-electron chi connectivity index (χ3n) is 6.38. The molecule has 2 aliphatic rings. The molecule has 0 saturated heterocycles. The molecule has 17 heteroatoms. The Bertz CT molecular complexity index is 1880. The summed E-state index contributed by atoms with van der Waals surface area (Å²) in [6, 6.07) is 6.92. The maximum atomic E-state index is 13.7. The minimum Gasteiger partial charge on any atom is -0.478 e. The molecule has 0 amide bonds. The number of aromatic carboxylic acids is 1. The van der Waals surface area contributed by atoms with Gasteiger partial charge >= 0.3 is 5.97 Å². The Balaban J connectivity index is 2.06. The first kappa shape index (κ1) is 30.4. The molecule has 1 aliphatic carbocycles. The molecule has 2 aromatic rings. The van der Waals surface area contributed by atoms with Crippen LogP contribution in [0.4, 0.5) is 5.69 Å². The van der Waals surface area contributed by atoms with Gasteiger partial charge in [0.2, 0.25) is 10.0 Å². The van der Waals surface area contributed by atoms with Crippen LogP contribution in [-0.4, -0.2) is 75.1 Å². The minimum absolute atomic E-state index is 0.00940. The fraction of sp³-hybridized carbons (Fsp3) is 0.208. The number of rotatable bonds is 9. The molecule has 0 bridgehead atoms. The predicted molar refractivity (Wildman–Crippen MR) is 147 cm³/mol. The van der Waals surface area contributed by atoms with Crippen LogP contribution >= 0.6 is 0 Å². The third kappa shape index (κ3) is 5.78. The fourth-order valence-electron chi connectivity index (χ4n) is 4.55. The molecular formula is C24H25N3O11S3. The number of carboxylic acids is 1. The molecule has 1 unspecified atom stereocenters. The largest absolute Gasteiger partial charge is 0.478 e. The van der Waals surface area contributed by atoms with E-state index in [1.165, 1.54) is 48.6 Å². The van der Waals surface area contributed by atoms with Gasteiger partial charge in [0.1, 0.15) is 9.80 Å². The molecule has 4 rings (SSSR count). The third-order valence-corrected chi connectivity index (χ3v) is 10.1. The number of sulfonamides is 1. The SMILES string of the molecule is CN(CCCS(=O)(=O)O)S(=O)(=O)c1c(N)ccc2c1OC1=C(S(=O)(=O)O)C(N)C=CC1=C2c1ccccc1C(=O)O. The van der Waals surface area contributed by atoms with E-state index in [0.29, 0.717) is 0 Å². The summed E-state index contributed by atoms with van der Waals surface area (Å²) in [6.45, 7) is -0.367. The monoisotopic (exact) mass is 627 g/mol. The van der Waals surface area contributed by atoms with Gasteiger partial charge in [-0.25, -0.2) is 17.5 Å². The summed E-state index contributed by atoms with van der Waals surface area (Å²) in [6.07, 6.45) is 2.35. The Labute approximate surface area is 235 Å². The van der Waals surface area contributed by atoms with Crippen LogP contribution in [0, 0.1) is 0 Å². The van der Waals surface area contributed by atoms with E-state index in [9.17, 15) is 39.7 Å². The van der Waals surface area contributed by atoms with Crippen molar-refractivity contribution in [3.05, 3.63) is 81.5 Å². The highest BCUT2D eigenvalue weighted by Gasteiger charge is 2.40. The summed E-state index contributed by atoms with van der Waals surface area (Å²) in [5, 5.41) is 9.88. The van der Waals surface area contributed by atoms with Crippen LogP contribution < -0.4 is 16.2 Å². The Morgan fingerprint density at radius 2 is 1.68 bits per heavy atom. The molecule has 2 aromatic carbocycles. The van der Waals surface area contributed by atoms with E-state index in [2.05, 4.69) is 0 Å². The Hall–Kier alpha value is -3.58. The number of hydrogen-bond acceptors (Lipinski definition) is 10. The molecule has 1 aliphatic heterocycles. The Morgan fingerprint density at radius 1 is 1.02 bits per heavy atom. The fourth-order valence-corrected chi connectivity index (χ4v) is 7.29. The Kier molecular flexibility index (Phi) is 7.91. The van der Waals surface area contributed by atoms with Gasteiger partial charge in [0.05, 0.1) is 23.0 Å². The number of carboxylic acid groups (broad SMARTS) is 1.